The molecule has 184 valence electrons. The molecule has 0 amide bonds. The normalized spacial score (nSPS) is 12.6. The quantitative estimate of drug-likeness (QED) is 0.0720. The van der Waals surface area contributed by atoms with Crippen LogP contribution in [0.2, 0.25) is 0 Å². The molecular weight excluding hydrogens is 415 g/mol. The summed E-state index contributed by atoms with van der Waals surface area (Å²) in [6.07, 6.45) is 23.0. The zero-order valence-electron chi connectivity index (χ0n) is 19.8. The van der Waals surface area contributed by atoms with Crippen molar-refractivity contribution in [3.8, 4) is 0 Å². The van der Waals surface area contributed by atoms with Gasteiger partial charge in [-0.1, -0.05) is 103 Å². The fourth-order valence-electron chi connectivity index (χ4n) is 3.67. The van der Waals surface area contributed by atoms with E-state index in [2.05, 4.69) is 11.1 Å². The van der Waals surface area contributed by atoms with Crippen molar-refractivity contribution in [3.63, 3.8) is 0 Å². The minimum Gasteiger partial charge on any atom is -0.460 e. The van der Waals surface area contributed by atoms with E-state index in [1.54, 1.807) is 0 Å². The van der Waals surface area contributed by atoms with Crippen molar-refractivity contribution in [1.82, 2.24) is 0 Å². The highest BCUT2D eigenvalue weighted by atomic mass is 31.2. The Morgan fingerprint density at radius 3 is 1.48 bits per heavy atom. The number of hydrogen-bond donors (Lipinski definition) is 2. The zero-order chi connectivity index (χ0) is 23.2. The van der Waals surface area contributed by atoms with Gasteiger partial charge in [-0.25, -0.2) is 9.36 Å². The third kappa shape index (κ3) is 25.5. The van der Waals surface area contributed by atoms with Gasteiger partial charge >= 0.3 is 13.8 Å². The number of carbonyl (C=O) groups excluding carboxylic acids is 1. The van der Waals surface area contributed by atoms with E-state index in [-0.39, 0.29) is 18.7 Å². The van der Waals surface area contributed by atoms with Crippen molar-refractivity contribution in [2.24, 2.45) is 0 Å². The summed E-state index contributed by atoms with van der Waals surface area (Å²) in [6.45, 7) is 5.51. The summed E-state index contributed by atoms with van der Waals surface area (Å²) in [5.41, 5.74) is 0. The largest absolute Gasteiger partial charge is 0.469 e. The fraction of sp³-hybridized carbons (Fsp3) is 0.875. The second-order valence-electron chi connectivity index (χ2n) is 8.57. The highest BCUT2D eigenvalue weighted by Gasteiger charge is 2.12. The van der Waals surface area contributed by atoms with Crippen LogP contribution < -0.4 is 0 Å². The lowest BCUT2D eigenvalue weighted by atomic mass is 10.0. The van der Waals surface area contributed by atoms with Gasteiger partial charge in [-0.05, 0) is 26.2 Å². The molecule has 0 aromatic carbocycles. The van der Waals surface area contributed by atoms with Gasteiger partial charge in [0, 0.05) is 6.08 Å². The van der Waals surface area contributed by atoms with Gasteiger partial charge < -0.3 is 14.5 Å². The van der Waals surface area contributed by atoms with E-state index in [0.29, 0.717) is 0 Å². The number of unbranched alkanes of at least 4 members (excludes halogenated alkanes) is 16. The SMILES string of the molecule is C=CC(=O)OC(C)CCCCCCCCCCCCCCCCCCCOP(=O)(O)O. The van der Waals surface area contributed by atoms with E-state index >= 15 is 0 Å². The van der Waals surface area contributed by atoms with Crippen molar-refractivity contribution in [2.45, 2.75) is 129 Å². The van der Waals surface area contributed by atoms with E-state index in [0.717, 1.165) is 32.1 Å². The Balaban J connectivity index is 3.15. The molecule has 1 unspecified atom stereocenters. The molecule has 0 saturated heterocycles. The number of ether oxygens (including phenoxy) is 1. The monoisotopic (exact) mass is 462 g/mol. The molecule has 0 rings (SSSR count). The number of esters is 1. The van der Waals surface area contributed by atoms with E-state index < -0.39 is 7.82 Å². The molecule has 0 spiro atoms. The fourth-order valence-corrected chi connectivity index (χ4v) is 4.04. The summed E-state index contributed by atoms with van der Waals surface area (Å²) in [7, 11) is -4.28. The third-order valence-corrected chi connectivity index (χ3v) is 6.02. The standard InChI is InChI=1S/C24H47O6P/c1-3-24(25)30-23(2)21-19-17-15-13-11-9-7-5-4-6-8-10-12-14-16-18-20-22-29-31(26,27)28/h3,23H,1,4-22H2,2H3,(H2,26,27,28). The van der Waals surface area contributed by atoms with Crippen molar-refractivity contribution in [1.29, 1.82) is 0 Å². The van der Waals surface area contributed by atoms with Gasteiger partial charge in [0.2, 0.25) is 0 Å². The number of carbonyl (C=O) groups is 1. The van der Waals surface area contributed by atoms with Crippen LogP contribution in [0.25, 0.3) is 0 Å². The van der Waals surface area contributed by atoms with Crippen molar-refractivity contribution >= 4 is 13.8 Å². The second-order valence-corrected chi connectivity index (χ2v) is 9.81. The molecule has 0 bridgehead atoms. The molecule has 0 radical (unpaired) electrons. The summed E-state index contributed by atoms with van der Waals surface area (Å²) >= 11 is 0. The first-order valence-electron chi connectivity index (χ1n) is 12.4. The summed E-state index contributed by atoms with van der Waals surface area (Å²) in [6, 6.07) is 0. The lowest BCUT2D eigenvalue weighted by molar-refractivity contribution is -0.142. The molecule has 0 aromatic heterocycles. The van der Waals surface area contributed by atoms with Crippen LogP contribution in [0.5, 0.6) is 0 Å². The number of phosphoric ester groups is 1. The van der Waals surface area contributed by atoms with Gasteiger partial charge in [-0.15, -0.1) is 0 Å². The molecule has 6 nitrogen and oxygen atoms in total. The first-order chi connectivity index (χ1) is 14.8. The smallest absolute Gasteiger partial charge is 0.460 e. The molecule has 0 heterocycles. The molecule has 31 heavy (non-hydrogen) atoms. The van der Waals surface area contributed by atoms with Crippen molar-refractivity contribution < 1.29 is 28.4 Å². The highest BCUT2D eigenvalue weighted by molar-refractivity contribution is 7.46. The molecular formula is C24H47O6P. The van der Waals surface area contributed by atoms with E-state index in [9.17, 15) is 9.36 Å². The van der Waals surface area contributed by atoms with Crippen LogP contribution in [-0.4, -0.2) is 28.5 Å². The van der Waals surface area contributed by atoms with Crippen LogP contribution >= 0.6 is 7.82 Å². The number of rotatable bonds is 23. The first-order valence-corrected chi connectivity index (χ1v) is 13.9. The molecule has 0 aliphatic rings. The van der Waals surface area contributed by atoms with E-state index in [1.165, 1.54) is 89.5 Å². The number of phosphoric acid groups is 1. The Bertz CT molecular complexity index is 477. The topological polar surface area (TPSA) is 93.1 Å². The molecule has 1 atom stereocenters. The van der Waals surface area contributed by atoms with Gasteiger partial charge in [0.25, 0.3) is 0 Å². The summed E-state index contributed by atoms with van der Waals surface area (Å²) in [4.78, 5) is 28.2. The third-order valence-electron chi connectivity index (χ3n) is 5.50. The molecule has 0 aliphatic heterocycles. The summed E-state index contributed by atoms with van der Waals surface area (Å²) < 4.78 is 20.1. The van der Waals surface area contributed by atoms with Gasteiger partial charge in [-0.2, -0.15) is 0 Å². The summed E-state index contributed by atoms with van der Waals surface area (Å²) in [5, 5.41) is 0. The predicted molar refractivity (Wildman–Crippen MR) is 127 cm³/mol. The average molecular weight is 463 g/mol. The Hall–Kier alpha value is -0.680. The zero-order valence-corrected chi connectivity index (χ0v) is 20.7. The van der Waals surface area contributed by atoms with Crippen LogP contribution in [0.4, 0.5) is 0 Å². The van der Waals surface area contributed by atoms with E-state index in [1.807, 2.05) is 6.92 Å². The maximum atomic E-state index is 11.1. The maximum Gasteiger partial charge on any atom is 0.469 e. The molecule has 0 saturated carbocycles. The van der Waals surface area contributed by atoms with Crippen LogP contribution in [0, 0.1) is 0 Å². The molecule has 0 aromatic rings. The Morgan fingerprint density at radius 1 is 0.774 bits per heavy atom. The van der Waals surface area contributed by atoms with Crippen molar-refractivity contribution in [2.75, 3.05) is 6.61 Å². The number of hydrogen-bond acceptors (Lipinski definition) is 4. The Morgan fingerprint density at radius 2 is 1.13 bits per heavy atom. The molecule has 0 aliphatic carbocycles. The summed E-state index contributed by atoms with van der Waals surface area (Å²) in [5.74, 6) is -0.325. The van der Waals surface area contributed by atoms with Crippen LogP contribution in [-0.2, 0) is 18.6 Å². The lowest BCUT2D eigenvalue weighted by Gasteiger charge is -2.11. The predicted octanol–water partition coefficient (Wildman–Crippen LogP) is 7.24. The second kappa shape index (κ2) is 21.2. The van der Waals surface area contributed by atoms with E-state index in [4.69, 9.17) is 14.5 Å². The van der Waals surface area contributed by atoms with Crippen LogP contribution in [0.3, 0.4) is 0 Å². The average Bonchev–Trinajstić information content (AvgIpc) is 2.71. The first kappa shape index (κ1) is 30.3. The van der Waals surface area contributed by atoms with Crippen LogP contribution in [0.1, 0.15) is 122 Å². The van der Waals surface area contributed by atoms with Gasteiger partial charge in [0.05, 0.1) is 12.7 Å². The molecule has 7 heteroatoms. The molecule has 2 N–H and O–H groups in total. The van der Waals surface area contributed by atoms with Gasteiger partial charge in [-0.3, -0.25) is 4.52 Å². The lowest BCUT2D eigenvalue weighted by Crippen LogP contribution is -2.12. The van der Waals surface area contributed by atoms with Crippen LogP contribution in [0.15, 0.2) is 12.7 Å². The van der Waals surface area contributed by atoms with Gasteiger partial charge in [0.15, 0.2) is 0 Å². The maximum absolute atomic E-state index is 11.1. The Kier molecular flexibility index (Phi) is 20.7. The van der Waals surface area contributed by atoms with Gasteiger partial charge in [0.1, 0.15) is 0 Å². The van der Waals surface area contributed by atoms with Crippen molar-refractivity contribution in [3.05, 3.63) is 12.7 Å². The Labute approximate surface area is 190 Å². The highest BCUT2D eigenvalue weighted by Crippen LogP contribution is 2.35. The minimum absolute atomic E-state index is 0.00608. The minimum atomic E-state index is -4.28. The molecule has 0 fully saturated rings.